The Morgan fingerprint density at radius 1 is 0.871 bits per heavy atom. The number of nitrogens with one attached hydrogen (secondary N) is 1. The van der Waals surface area contributed by atoms with Gasteiger partial charge in [0.2, 0.25) is 11.8 Å². The van der Waals surface area contributed by atoms with Crippen molar-refractivity contribution in [3.05, 3.63) is 89.5 Å². The third kappa shape index (κ3) is 4.84. The van der Waals surface area contributed by atoms with Crippen LogP contribution in [-0.4, -0.2) is 37.4 Å². The van der Waals surface area contributed by atoms with Crippen LogP contribution in [0.15, 0.2) is 72.8 Å². The number of amides is 2. The SMILES string of the molecule is CN(C)CC(=O)N1c2ccccc2CCc2ccc(NC(=O)Cc3ccccc3)cc21. The minimum absolute atomic E-state index is 0.00774. The zero-order valence-corrected chi connectivity index (χ0v) is 18.0. The summed E-state index contributed by atoms with van der Waals surface area (Å²) in [5.74, 6) is -0.0697. The van der Waals surface area contributed by atoms with Crippen LogP contribution in [0.3, 0.4) is 0 Å². The van der Waals surface area contributed by atoms with Crippen LogP contribution in [0, 0.1) is 0 Å². The molecule has 0 aromatic heterocycles. The van der Waals surface area contributed by atoms with Gasteiger partial charge < -0.3 is 10.2 Å². The summed E-state index contributed by atoms with van der Waals surface area (Å²) < 4.78 is 0. The van der Waals surface area contributed by atoms with Gasteiger partial charge in [-0.2, -0.15) is 0 Å². The van der Waals surface area contributed by atoms with E-state index in [1.54, 1.807) is 0 Å². The summed E-state index contributed by atoms with van der Waals surface area (Å²) >= 11 is 0. The summed E-state index contributed by atoms with van der Waals surface area (Å²) in [5, 5.41) is 3.00. The lowest BCUT2D eigenvalue weighted by molar-refractivity contribution is -0.118. The standard InChI is InChI=1S/C26H27N3O2/c1-28(2)18-26(31)29-23-11-7-6-10-20(23)12-13-21-14-15-22(17-24(21)29)27-25(30)16-19-8-4-3-5-9-19/h3-11,14-15,17H,12-13,16,18H2,1-2H3,(H,27,30). The number of carbonyl (C=O) groups excluding carboxylic acids is 2. The Labute approximate surface area is 183 Å². The molecule has 0 saturated heterocycles. The molecular formula is C26H27N3O2. The molecule has 0 aliphatic carbocycles. The van der Waals surface area contributed by atoms with Crippen molar-refractivity contribution in [1.82, 2.24) is 4.90 Å². The Kier molecular flexibility index (Phi) is 6.14. The van der Waals surface area contributed by atoms with Crippen molar-refractivity contribution in [2.75, 3.05) is 30.9 Å². The second kappa shape index (κ2) is 9.14. The monoisotopic (exact) mass is 413 g/mol. The highest BCUT2D eigenvalue weighted by atomic mass is 16.2. The fourth-order valence-electron chi connectivity index (χ4n) is 4.00. The van der Waals surface area contributed by atoms with E-state index in [1.807, 2.05) is 90.6 Å². The van der Waals surface area contributed by atoms with Gasteiger partial charge in [-0.15, -0.1) is 0 Å². The number of aryl methyl sites for hydroxylation is 2. The molecule has 0 atom stereocenters. The molecule has 3 aromatic carbocycles. The Hall–Kier alpha value is -3.44. The number of hydrogen-bond donors (Lipinski definition) is 1. The van der Waals surface area contributed by atoms with Gasteiger partial charge in [-0.3, -0.25) is 14.5 Å². The van der Waals surface area contributed by atoms with Gasteiger partial charge in [0.25, 0.3) is 0 Å². The summed E-state index contributed by atoms with van der Waals surface area (Å²) in [4.78, 5) is 29.5. The third-order valence-electron chi connectivity index (χ3n) is 5.41. The van der Waals surface area contributed by atoms with E-state index in [0.29, 0.717) is 18.7 Å². The molecule has 0 fully saturated rings. The summed E-state index contributed by atoms with van der Waals surface area (Å²) in [6.45, 7) is 0.304. The molecule has 2 amide bonds. The van der Waals surface area contributed by atoms with E-state index in [1.165, 1.54) is 0 Å². The van der Waals surface area contributed by atoms with Gasteiger partial charge >= 0.3 is 0 Å². The van der Waals surface area contributed by atoms with Crippen LogP contribution in [0.5, 0.6) is 0 Å². The van der Waals surface area contributed by atoms with Gasteiger partial charge in [0.15, 0.2) is 0 Å². The number of benzene rings is 3. The normalized spacial score (nSPS) is 12.7. The number of carbonyl (C=O) groups is 2. The molecule has 31 heavy (non-hydrogen) atoms. The average Bonchev–Trinajstić information content (AvgIpc) is 2.90. The number of rotatable bonds is 5. The lowest BCUT2D eigenvalue weighted by atomic mass is 10.0. The van der Waals surface area contributed by atoms with Crippen LogP contribution in [0.25, 0.3) is 0 Å². The van der Waals surface area contributed by atoms with Crippen molar-refractivity contribution in [1.29, 1.82) is 0 Å². The summed E-state index contributed by atoms with van der Waals surface area (Å²) in [6, 6.07) is 23.6. The number of hydrogen-bond acceptors (Lipinski definition) is 3. The molecule has 0 spiro atoms. The Bertz CT molecular complexity index is 1090. The molecule has 0 saturated carbocycles. The van der Waals surface area contributed by atoms with Gasteiger partial charge in [0, 0.05) is 5.69 Å². The van der Waals surface area contributed by atoms with E-state index in [4.69, 9.17) is 0 Å². The van der Waals surface area contributed by atoms with E-state index in [-0.39, 0.29) is 11.8 Å². The molecule has 0 radical (unpaired) electrons. The highest BCUT2D eigenvalue weighted by Crippen LogP contribution is 2.37. The second-order valence-electron chi connectivity index (χ2n) is 8.15. The first-order valence-corrected chi connectivity index (χ1v) is 10.5. The fourth-order valence-corrected chi connectivity index (χ4v) is 4.00. The largest absolute Gasteiger partial charge is 0.326 e. The first kappa shape index (κ1) is 20.8. The van der Waals surface area contributed by atoms with Crippen molar-refractivity contribution in [2.45, 2.75) is 19.3 Å². The maximum atomic E-state index is 13.3. The zero-order chi connectivity index (χ0) is 21.8. The van der Waals surface area contributed by atoms with Crippen molar-refractivity contribution in [3.63, 3.8) is 0 Å². The average molecular weight is 414 g/mol. The number of para-hydroxylation sites is 1. The van der Waals surface area contributed by atoms with Crippen LogP contribution >= 0.6 is 0 Å². The number of anilines is 3. The Morgan fingerprint density at radius 3 is 2.29 bits per heavy atom. The molecular weight excluding hydrogens is 386 g/mol. The van der Waals surface area contributed by atoms with Gasteiger partial charge in [-0.25, -0.2) is 0 Å². The maximum absolute atomic E-state index is 13.3. The van der Waals surface area contributed by atoms with Crippen LogP contribution in [0.1, 0.15) is 16.7 Å². The van der Waals surface area contributed by atoms with E-state index in [0.717, 1.165) is 40.9 Å². The number of fused-ring (bicyclic) bond motifs is 2. The molecule has 158 valence electrons. The highest BCUT2D eigenvalue weighted by molar-refractivity contribution is 6.04. The fraction of sp³-hybridized carbons (Fsp3) is 0.231. The smallest absolute Gasteiger partial charge is 0.245 e. The van der Waals surface area contributed by atoms with Crippen molar-refractivity contribution in [3.8, 4) is 0 Å². The topological polar surface area (TPSA) is 52.7 Å². The van der Waals surface area contributed by atoms with Gasteiger partial charge in [0.05, 0.1) is 24.3 Å². The van der Waals surface area contributed by atoms with E-state index in [2.05, 4.69) is 11.4 Å². The predicted octanol–water partition coefficient (Wildman–Crippen LogP) is 4.19. The minimum atomic E-state index is -0.0775. The van der Waals surface area contributed by atoms with Crippen LogP contribution in [-0.2, 0) is 28.9 Å². The highest BCUT2D eigenvalue weighted by Gasteiger charge is 2.26. The molecule has 1 aliphatic rings. The van der Waals surface area contributed by atoms with Crippen LogP contribution < -0.4 is 10.2 Å². The predicted molar refractivity (Wildman–Crippen MR) is 125 cm³/mol. The molecule has 0 unspecified atom stereocenters. The first-order chi connectivity index (χ1) is 15.0. The Morgan fingerprint density at radius 2 is 1.55 bits per heavy atom. The maximum Gasteiger partial charge on any atom is 0.245 e. The summed E-state index contributed by atoms with van der Waals surface area (Å²) in [6.07, 6.45) is 2.02. The lowest BCUT2D eigenvalue weighted by Crippen LogP contribution is -2.35. The Balaban J connectivity index is 1.66. The number of nitrogens with zero attached hydrogens (tertiary/aromatic N) is 2. The zero-order valence-electron chi connectivity index (χ0n) is 18.0. The van der Waals surface area contributed by atoms with Crippen molar-refractivity contribution in [2.24, 2.45) is 0 Å². The summed E-state index contributed by atoms with van der Waals surface area (Å²) in [7, 11) is 3.78. The molecule has 1 aliphatic heterocycles. The summed E-state index contributed by atoms with van der Waals surface area (Å²) in [5.41, 5.74) is 5.67. The molecule has 0 bridgehead atoms. The lowest BCUT2D eigenvalue weighted by Gasteiger charge is -2.27. The molecule has 1 N–H and O–H groups in total. The molecule has 5 nitrogen and oxygen atoms in total. The van der Waals surface area contributed by atoms with Crippen LogP contribution in [0.4, 0.5) is 17.1 Å². The van der Waals surface area contributed by atoms with Gasteiger partial charge in [-0.05, 0) is 61.8 Å². The minimum Gasteiger partial charge on any atom is -0.326 e. The molecule has 3 aromatic rings. The van der Waals surface area contributed by atoms with Gasteiger partial charge in [0.1, 0.15) is 0 Å². The quantitative estimate of drug-likeness (QED) is 0.682. The number of likely N-dealkylation sites (N-methyl/N-ethyl adjacent to an activating group) is 1. The van der Waals surface area contributed by atoms with E-state index >= 15 is 0 Å². The first-order valence-electron chi connectivity index (χ1n) is 10.5. The van der Waals surface area contributed by atoms with E-state index < -0.39 is 0 Å². The second-order valence-corrected chi connectivity index (χ2v) is 8.15. The third-order valence-corrected chi connectivity index (χ3v) is 5.41. The van der Waals surface area contributed by atoms with E-state index in [9.17, 15) is 9.59 Å². The van der Waals surface area contributed by atoms with Gasteiger partial charge in [-0.1, -0.05) is 54.6 Å². The van der Waals surface area contributed by atoms with Crippen molar-refractivity contribution >= 4 is 28.9 Å². The molecule has 5 heteroatoms. The van der Waals surface area contributed by atoms with Crippen LogP contribution in [0.2, 0.25) is 0 Å². The van der Waals surface area contributed by atoms with Crippen molar-refractivity contribution < 1.29 is 9.59 Å². The molecule has 4 rings (SSSR count). The molecule has 1 heterocycles.